The number of fused-ring (bicyclic) bond motifs is 1. The molecule has 1 saturated heterocycles. The molecule has 1 aromatic carbocycles. The van der Waals surface area contributed by atoms with Gasteiger partial charge in [0.25, 0.3) is 0 Å². The zero-order chi connectivity index (χ0) is 17.4. The molecule has 0 radical (unpaired) electrons. The summed E-state index contributed by atoms with van der Waals surface area (Å²) in [5.74, 6) is -0.122. The first-order chi connectivity index (χ1) is 12.0. The van der Waals surface area contributed by atoms with Gasteiger partial charge in [-0.3, -0.25) is 4.79 Å². The first-order valence-corrected chi connectivity index (χ1v) is 8.57. The molecule has 0 saturated carbocycles. The quantitative estimate of drug-likeness (QED) is 0.886. The number of anilines is 1. The average Bonchev–Trinajstić information content (AvgIpc) is 3.19. The molecule has 3 N–H and O–H groups in total. The van der Waals surface area contributed by atoms with Crippen LogP contribution in [0.15, 0.2) is 42.6 Å². The van der Waals surface area contributed by atoms with E-state index in [4.69, 9.17) is 5.73 Å². The van der Waals surface area contributed by atoms with Gasteiger partial charge in [0, 0.05) is 25.3 Å². The van der Waals surface area contributed by atoms with E-state index in [2.05, 4.69) is 10.3 Å². The van der Waals surface area contributed by atoms with E-state index in [1.54, 1.807) is 12.3 Å². The summed E-state index contributed by atoms with van der Waals surface area (Å²) in [4.78, 5) is 18.7. The Hall–Kier alpha value is -2.47. The minimum absolute atomic E-state index is 0.0435. The second-order valence-electron chi connectivity index (χ2n) is 6.99. The average molecular weight is 340 g/mol. The second-order valence-corrected chi connectivity index (χ2v) is 6.99. The normalized spacial score (nSPS) is 21.2. The van der Waals surface area contributed by atoms with Crippen molar-refractivity contribution in [1.29, 1.82) is 0 Å². The Balaban J connectivity index is 1.40. The number of amides is 1. The fourth-order valence-corrected chi connectivity index (χ4v) is 3.81. The summed E-state index contributed by atoms with van der Waals surface area (Å²) >= 11 is 0. The van der Waals surface area contributed by atoms with Gasteiger partial charge in [0.2, 0.25) is 5.91 Å². The zero-order valence-corrected chi connectivity index (χ0v) is 13.9. The van der Waals surface area contributed by atoms with Gasteiger partial charge >= 0.3 is 0 Å². The van der Waals surface area contributed by atoms with Crippen LogP contribution in [-0.4, -0.2) is 35.6 Å². The van der Waals surface area contributed by atoms with Crippen LogP contribution in [0.1, 0.15) is 17.5 Å². The third-order valence-electron chi connectivity index (χ3n) is 5.14. The standard InChI is InChI=1S/C19H21FN4O/c20-16-6-3-8-22-17(16)24-9-7-15(12-24)23-18(25)19(21)10-13-4-1-2-5-14(13)11-19/h1-6,8,15H,7,9-12,21H2,(H,23,25)/t15-/m1/s1. The summed E-state index contributed by atoms with van der Waals surface area (Å²) in [7, 11) is 0. The monoisotopic (exact) mass is 340 g/mol. The number of pyridine rings is 1. The van der Waals surface area contributed by atoms with Gasteiger partial charge in [-0.15, -0.1) is 0 Å². The van der Waals surface area contributed by atoms with Crippen molar-refractivity contribution in [2.45, 2.75) is 30.8 Å². The summed E-state index contributed by atoms with van der Waals surface area (Å²) in [6, 6.07) is 10.9. The molecule has 1 aliphatic carbocycles. The zero-order valence-electron chi connectivity index (χ0n) is 13.9. The van der Waals surface area contributed by atoms with Crippen LogP contribution in [0, 0.1) is 5.82 Å². The van der Waals surface area contributed by atoms with Crippen LogP contribution < -0.4 is 16.0 Å². The molecule has 5 nitrogen and oxygen atoms in total. The summed E-state index contributed by atoms with van der Waals surface area (Å²) in [6.45, 7) is 1.21. The highest BCUT2D eigenvalue weighted by Gasteiger charge is 2.41. The molecule has 1 aliphatic heterocycles. The van der Waals surface area contributed by atoms with Crippen molar-refractivity contribution in [2.24, 2.45) is 5.73 Å². The van der Waals surface area contributed by atoms with Crippen molar-refractivity contribution in [1.82, 2.24) is 10.3 Å². The van der Waals surface area contributed by atoms with Gasteiger partial charge in [-0.1, -0.05) is 24.3 Å². The van der Waals surface area contributed by atoms with Crippen LogP contribution in [0.4, 0.5) is 10.2 Å². The molecule has 4 rings (SSSR count). The fraction of sp³-hybridized carbons (Fsp3) is 0.368. The number of aromatic nitrogens is 1. The van der Waals surface area contributed by atoms with Gasteiger partial charge in [0.1, 0.15) is 5.54 Å². The minimum Gasteiger partial charge on any atom is -0.352 e. The molecule has 6 heteroatoms. The van der Waals surface area contributed by atoms with E-state index in [1.807, 2.05) is 29.2 Å². The van der Waals surface area contributed by atoms with E-state index in [0.717, 1.165) is 17.5 Å². The Bertz CT molecular complexity index is 785. The molecule has 2 aliphatic rings. The van der Waals surface area contributed by atoms with Crippen molar-refractivity contribution in [3.63, 3.8) is 0 Å². The molecule has 25 heavy (non-hydrogen) atoms. The molecular weight excluding hydrogens is 319 g/mol. The lowest BCUT2D eigenvalue weighted by atomic mass is 9.95. The third-order valence-corrected chi connectivity index (χ3v) is 5.14. The third kappa shape index (κ3) is 2.98. The molecule has 2 aromatic rings. The smallest absolute Gasteiger partial charge is 0.241 e. The van der Waals surface area contributed by atoms with Crippen molar-refractivity contribution in [2.75, 3.05) is 18.0 Å². The van der Waals surface area contributed by atoms with E-state index in [-0.39, 0.29) is 17.8 Å². The van der Waals surface area contributed by atoms with E-state index in [0.29, 0.717) is 31.7 Å². The largest absolute Gasteiger partial charge is 0.352 e. The molecule has 2 heterocycles. The molecule has 0 unspecified atom stereocenters. The molecule has 1 atom stereocenters. The highest BCUT2D eigenvalue weighted by molar-refractivity contribution is 5.88. The maximum Gasteiger partial charge on any atom is 0.241 e. The van der Waals surface area contributed by atoms with Crippen LogP contribution in [0.2, 0.25) is 0 Å². The predicted molar refractivity (Wildman–Crippen MR) is 93.7 cm³/mol. The molecule has 1 fully saturated rings. The number of hydrogen-bond acceptors (Lipinski definition) is 4. The number of carbonyl (C=O) groups excluding carboxylic acids is 1. The van der Waals surface area contributed by atoms with Gasteiger partial charge in [0.05, 0.1) is 0 Å². The topological polar surface area (TPSA) is 71.2 Å². The number of halogens is 1. The highest BCUT2D eigenvalue weighted by Crippen LogP contribution is 2.29. The van der Waals surface area contributed by atoms with Crippen LogP contribution in [0.3, 0.4) is 0 Å². The second kappa shape index (κ2) is 6.11. The maximum atomic E-state index is 13.9. The Kier molecular flexibility index (Phi) is 3.92. The SMILES string of the molecule is NC1(C(=O)N[C@@H]2CCN(c3ncccc3F)C2)Cc2ccccc2C1. The summed E-state index contributed by atoms with van der Waals surface area (Å²) in [5.41, 5.74) is 7.79. The molecule has 0 bridgehead atoms. The van der Waals surface area contributed by atoms with E-state index in [1.165, 1.54) is 6.07 Å². The Morgan fingerprint density at radius 1 is 1.24 bits per heavy atom. The lowest BCUT2D eigenvalue weighted by molar-refractivity contribution is -0.126. The number of carbonyl (C=O) groups is 1. The van der Waals surface area contributed by atoms with E-state index in [9.17, 15) is 9.18 Å². The molecule has 1 amide bonds. The fourth-order valence-electron chi connectivity index (χ4n) is 3.81. The number of nitrogens with two attached hydrogens (primary N) is 1. The first-order valence-electron chi connectivity index (χ1n) is 8.57. The first kappa shape index (κ1) is 16.0. The molecular formula is C19H21FN4O. The van der Waals surface area contributed by atoms with Crippen molar-refractivity contribution in [3.05, 3.63) is 59.5 Å². The lowest BCUT2D eigenvalue weighted by Crippen LogP contribution is -2.57. The summed E-state index contributed by atoms with van der Waals surface area (Å²) < 4.78 is 13.9. The lowest BCUT2D eigenvalue weighted by Gasteiger charge is -2.25. The van der Waals surface area contributed by atoms with Gasteiger partial charge in [-0.2, -0.15) is 0 Å². The summed E-state index contributed by atoms with van der Waals surface area (Å²) in [5, 5.41) is 3.06. The van der Waals surface area contributed by atoms with Crippen molar-refractivity contribution in [3.8, 4) is 0 Å². The van der Waals surface area contributed by atoms with Gasteiger partial charge < -0.3 is 16.0 Å². The Morgan fingerprint density at radius 3 is 2.64 bits per heavy atom. The Morgan fingerprint density at radius 2 is 1.96 bits per heavy atom. The summed E-state index contributed by atoms with van der Waals surface area (Å²) in [6.07, 6.45) is 3.44. The van der Waals surface area contributed by atoms with Gasteiger partial charge in [-0.05, 0) is 42.5 Å². The number of benzene rings is 1. The van der Waals surface area contributed by atoms with Crippen LogP contribution >= 0.6 is 0 Å². The molecule has 130 valence electrons. The number of nitrogens with zero attached hydrogens (tertiary/aromatic N) is 2. The van der Waals surface area contributed by atoms with Crippen LogP contribution in [-0.2, 0) is 17.6 Å². The molecule has 0 spiro atoms. The van der Waals surface area contributed by atoms with E-state index >= 15 is 0 Å². The van der Waals surface area contributed by atoms with Gasteiger partial charge in [-0.25, -0.2) is 9.37 Å². The number of rotatable bonds is 3. The Labute approximate surface area is 146 Å². The minimum atomic E-state index is -0.895. The van der Waals surface area contributed by atoms with Crippen molar-refractivity contribution < 1.29 is 9.18 Å². The van der Waals surface area contributed by atoms with Crippen LogP contribution in [0.5, 0.6) is 0 Å². The number of nitrogens with one attached hydrogen (secondary N) is 1. The van der Waals surface area contributed by atoms with Gasteiger partial charge in [0.15, 0.2) is 11.6 Å². The highest BCUT2D eigenvalue weighted by atomic mass is 19.1. The predicted octanol–water partition coefficient (Wildman–Crippen LogP) is 1.41. The number of hydrogen-bond donors (Lipinski definition) is 2. The maximum absolute atomic E-state index is 13.9. The van der Waals surface area contributed by atoms with E-state index < -0.39 is 5.54 Å². The van der Waals surface area contributed by atoms with Crippen LogP contribution in [0.25, 0.3) is 0 Å². The molecule has 1 aromatic heterocycles. The van der Waals surface area contributed by atoms with Crippen molar-refractivity contribution >= 4 is 11.7 Å².